The highest BCUT2D eigenvalue weighted by molar-refractivity contribution is 5.86. The van der Waals surface area contributed by atoms with Crippen molar-refractivity contribution < 1.29 is 14.3 Å². The zero-order valence-corrected chi connectivity index (χ0v) is 11.0. The third-order valence-electron chi connectivity index (χ3n) is 3.05. The smallest absolute Gasteiger partial charge is 0.240 e. The SMILES string of the molecule is CCOC(C)(C)CNC(=O)C1(N)CCOCC1. The summed E-state index contributed by atoms with van der Waals surface area (Å²) in [6.45, 7) is 8.04. The molecule has 1 amide bonds. The lowest BCUT2D eigenvalue weighted by atomic mass is 9.90. The van der Waals surface area contributed by atoms with Crippen LogP contribution in [0.15, 0.2) is 0 Å². The maximum atomic E-state index is 12.0. The third kappa shape index (κ3) is 4.26. The monoisotopic (exact) mass is 244 g/mol. The minimum atomic E-state index is -0.777. The molecule has 1 aliphatic rings. The summed E-state index contributed by atoms with van der Waals surface area (Å²) in [5.41, 5.74) is 4.94. The molecule has 0 spiro atoms. The second-order valence-corrected chi connectivity index (χ2v) is 5.14. The average molecular weight is 244 g/mol. The van der Waals surface area contributed by atoms with Crippen LogP contribution in [0.2, 0.25) is 0 Å². The van der Waals surface area contributed by atoms with Crippen molar-refractivity contribution in [1.29, 1.82) is 0 Å². The molecule has 1 aliphatic heterocycles. The van der Waals surface area contributed by atoms with Crippen molar-refractivity contribution in [2.75, 3.05) is 26.4 Å². The van der Waals surface area contributed by atoms with Crippen molar-refractivity contribution in [3.63, 3.8) is 0 Å². The zero-order chi connectivity index (χ0) is 12.9. The van der Waals surface area contributed by atoms with E-state index in [1.807, 2.05) is 20.8 Å². The number of carbonyl (C=O) groups is 1. The van der Waals surface area contributed by atoms with E-state index in [1.54, 1.807) is 0 Å². The van der Waals surface area contributed by atoms with Gasteiger partial charge in [0.2, 0.25) is 5.91 Å². The number of amides is 1. The standard InChI is InChI=1S/C12H24N2O3/c1-4-17-11(2,3)9-14-10(15)12(13)5-7-16-8-6-12/h4-9,13H2,1-3H3,(H,14,15). The Bertz CT molecular complexity index is 260. The first-order valence-corrected chi connectivity index (χ1v) is 6.18. The Labute approximate surface area is 103 Å². The van der Waals surface area contributed by atoms with Gasteiger partial charge in [-0.1, -0.05) is 0 Å². The van der Waals surface area contributed by atoms with E-state index in [9.17, 15) is 4.79 Å². The Hall–Kier alpha value is -0.650. The van der Waals surface area contributed by atoms with Gasteiger partial charge >= 0.3 is 0 Å². The van der Waals surface area contributed by atoms with Gasteiger partial charge in [0, 0.05) is 26.4 Å². The van der Waals surface area contributed by atoms with E-state index < -0.39 is 5.54 Å². The van der Waals surface area contributed by atoms with Crippen molar-refractivity contribution in [3.05, 3.63) is 0 Å². The Balaban J connectivity index is 2.43. The number of hydrogen-bond donors (Lipinski definition) is 2. The largest absolute Gasteiger partial charge is 0.381 e. The first kappa shape index (κ1) is 14.4. The third-order valence-corrected chi connectivity index (χ3v) is 3.05. The fourth-order valence-corrected chi connectivity index (χ4v) is 1.87. The topological polar surface area (TPSA) is 73.6 Å². The number of ether oxygens (including phenoxy) is 2. The van der Waals surface area contributed by atoms with Crippen LogP contribution in [0, 0.1) is 0 Å². The zero-order valence-electron chi connectivity index (χ0n) is 11.0. The molecule has 0 unspecified atom stereocenters. The van der Waals surface area contributed by atoms with Gasteiger partial charge in [0.25, 0.3) is 0 Å². The lowest BCUT2D eigenvalue weighted by Crippen LogP contribution is -2.58. The van der Waals surface area contributed by atoms with Crippen LogP contribution in [0.1, 0.15) is 33.6 Å². The van der Waals surface area contributed by atoms with Gasteiger partial charge in [0.15, 0.2) is 0 Å². The molecular formula is C12H24N2O3. The molecule has 1 heterocycles. The van der Waals surface area contributed by atoms with E-state index in [0.29, 0.717) is 39.2 Å². The van der Waals surface area contributed by atoms with Crippen LogP contribution in [0.3, 0.4) is 0 Å². The number of rotatable bonds is 5. The number of nitrogens with one attached hydrogen (secondary N) is 1. The lowest BCUT2D eigenvalue weighted by molar-refractivity contribution is -0.131. The molecule has 1 rings (SSSR count). The summed E-state index contributed by atoms with van der Waals surface area (Å²) < 4.78 is 10.7. The maximum Gasteiger partial charge on any atom is 0.240 e. The summed E-state index contributed by atoms with van der Waals surface area (Å²) in [4.78, 5) is 12.0. The van der Waals surface area contributed by atoms with Crippen LogP contribution < -0.4 is 11.1 Å². The molecule has 5 nitrogen and oxygen atoms in total. The van der Waals surface area contributed by atoms with Crippen molar-refractivity contribution in [3.8, 4) is 0 Å². The molecule has 5 heteroatoms. The quantitative estimate of drug-likeness (QED) is 0.735. The van der Waals surface area contributed by atoms with Crippen LogP contribution in [-0.2, 0) is 14.3 Å². The highest BCUT2D eigenvalue weighted by atomic mass is 16.5. The van der Waals surface area contributed by atoms with E-state index in [1.165, 1.54) is 0 Å². The molecule has 0 aromatic carbocycles. The number of hydrogen-bond acceptors (Lipinski definition) is 4. The first-order valence-electron chi connectivity index (χ1n) is 6.18. The fraction of sp³-hybridized carbons (Fsp3) is 0.917. The van der Waals surface area contributed by atoms with Crippen molar-refractivity contribution in [1.82, 2.24) is 5.32 Å². The van der Waals surface area contributed by atoms with Crippen molar-refractivity contribution in [2.45, 2.75) is 44.8 Å². The highest BCUT2D eigenvalue weighted by Gasteiger charge is 2.36. The molecule has 0 bridgehead atoms. The lowest BCUT2D eigenvalue weighted by Gasteiger charge is -2.33. The Morgan fingerprint density at radius 3 is 2.59 bits per heavy atom. The first-order chi connectivity index (χ1) is 7.90. The predicted octanol–water partition coefficient (Wildman–Crippen LogP) is 0.426. The van der Waals surface area contributed by atoms with E-state index in [0.717, 1.165) is 0 Å². The van der Waals surface area contributed by atoms with E-state index in [4.69, 9.17) is 15.2 Å². The summed E-state index contributed by atoms with van der Waals surface area (Å²) in [6.07, 6.45) is 1.15. The molecule has 0 aromatic rings. The minimum absolute atomic E-state index is 0.103. The van der Waals surface area contributed by atoms with Crippen LogP contribution >= 0.6 is 0 Å². The van der Waals surface area contributed by atoms with E-state index in [-0.39, 0.29) is 11.5 Å². The summed E-state index contributed by atoms with van der Waals surface area (Å²) in [6, 6.07) is 0. The van der Waals surface area contributed by atoms with Crippen LogP contribution in [0.25, 0.3) is 0 Å². The van der Waals surface area contributed by atoms with Crippen molar-refractivity contribution in [2.24, 2.45) is 5.73 Å². The minimum Gasteiger partial charge on any atom is -0.381 e. The molecule has 3 N–H and O–H groups in total. The molecule has 0 radical (unpaired) electrons. The summed E-state index contributed by atoms with van der Waals surface area (Å²) >= 11 is 0. The van der Waals surface area contributed by atoms with Crippen molar-refractivity contribution >= 4 is 5.91 Å². The van der Waals surface area contributed by atoms with Gasteiger partial charge in [-0.05, 0) is 33.6 Å². The predicted molar refractivity (Wildman–Crippen MR) is 65.7 cm³/mol. The number of nitrogens with two attached hydrogens (primary N) is 1. The van der Waals surface area contributed by atoms with E-state index in [2.05, 4.69) is 5.32 Å². The van der Waals surface area contributed by atoms with Gasteiger partial charge in [-0.3, -0.25) is 4.79 Å². The summed E-state index contributed by atoms with van der Waals surface area (Å²) in [7, 11) is 0. The van der Waals surface area contributed by atoms with Crippen LogP contribution in [-0.4, -0.2) is 43.4 Å². The summed E-state index contributed by atoms with van der Waals surface area (Å²) in [5.74, 6) is -0.103. The average Bonchev–Trinajstić information content (AvgIpc) is 2.27. The summed E-state index contributed by atoms with van der Waals surface area (Å²) in [5, 5.41) is 2.87. The second kappa shape index (κ2) is 5.80. The Morgan fingerprint density at radius 2 is 2.06 bits per heavy atom. The molecule has 0 atom stereocenters. The molecule has 0 aliphatic carbocycles. The van der Waals surface area contributed by atoms with Crippen LogP contribution in [0.4, 0.5) is 0 Å². The molecule has 17 heavy (non-hydrogen) atoms. The van der Waals surface area contributed by atoms with E-state index >= 15 is 0 Å². The van der Waals surface area contributed by atoms with Gasteiger partial charge in [0.05, 0.1) is 11.1 Å². The van der Waals surface area contributed by atoms with Gasteiger partial charge in [-0.2, -0.15) is 0 Å². The van der Waals surface area contributed by atoms with Gasteiger partial charge in [-0.15, -0.1) is 0 Å². The number of carbonyl (C=O) groups excluding carboxylic acids is 1. The Kier molecular flexibility index (Phi) is 4.91. The van der Waals surface area contributed by atoms with Crippen LogP contribution in [0.5, 0.6) is 0 Å². The van der Waals surface area contributed by atoms with Gasteiger partial charge in [0.1, 0.15) is 0 Å². The fourth-order valence-electron chi connectivity index (χ4n) is 1.87. The Morgan fingerprint density at radius 1 is 1.47 bits per heavy atom. The normalized spacial score (nSPS) is 20.0. The molecular weight excluding hydrogens is 220 g/mol. The molecule has 0 aromatic heterocycles. The second-order valence-electron chi connectivity index (χ2n) is 5.14. The van der Waals surface area contributed by atoms with Gasteiger partial charge in [-0.25, -0.2) is 0 Å². The highest BCUT2D eigenvalue weighted by Crippen LogP contribution is 2.18. The van der Waals surface area contributed by atoms with Gasteiger partial charge < -0.3 is 20.5 Å². The molecule has 1 saturated heterocycles. The maximum absolute atomic E-state index is 12.0. The molecule has 1 fully saturated rings. The molecule has 100 valence electrons. The molecule has 0 saturated carbocycles.